The molecule has 7 nitrogen and oxygen atoms in total. The van der Waals surface area contributed by atoms with Crippen molar-refractivity contribution in [2.24, 2.45) is 5.92 Å². The van der Waals surface area contributed by atoms with Crippen LogP contribution in [0.1, 0.15) is 31.4 Å². The summed E-state index contributed by atoms with van der Waals surface area (Å²) in [6.07, 6.45) is -4.69. The van der Waals surface area contributed by atoms with Gasteiger partial charge in [0.15, 0.2) is 0 Å². The van der Waals surface area contributed by atoms with E-state index in [-0.39, 0.29) is 28.4 Å². The average molecular weight is 497 g/mol. The second-order valence-electron chi connectivity index (χ2n) is 8.17. The first-order chi connectivity index (χ1) is 15.8. The first-order valence-electron chi connectivity index (χ1n) is 10.2. The second-order valence-corrected chi connectivity index (χ2v) is 9.89. The molecule has 0 aliphatic heterocycles. The van der Waals surface area contributed by atoms with Crippen molar-refractivity contribution in [3.05, 3.63) is 70.1 Å². The summed E-state index contributed by atoms with van der Waals surface area (Å²) in [4.78, 5) is 24.4. The van der Waals surface area contributed by atoms with Crippen molar-refractivity contribution in [2.45, 2.75) is 44.3 Å². The van der Waals surface area contributed by atoms with Gasteiger partial charge in [0.25, 0.3) is 0 Å². The minimum absolute atomic E-state index is 0.0354. The number of sulfonamides is 1. The highest BCUT2D eigenvalue weighted by Crippen LogP contribution is 2.35. The second kappa shape index (κ2) is 9.59. The van der Waals surface area contributed by atoms with Crippen molar-refractivity contribution < 1.29 is 35.5 Å². The maximum absolute atomic E-state index is 13.2. The normalized spacial score (nSPS) is 13.3. The largest absolute Gasteiger partial charge is 0.425 e. The molecule has 0 spiro atoms. The molecular weight excluding hydrogens is 475 g/mol. The van der Waals surface area contributed by atoms with E-state index in [1.165, 1.54) is 12.1 Å². The van der Waals surface area contributed by atoms with Gasteiger partial charge in [-0.25, -0.2) is 18.0 Å². The first-order valence-corrected chi connectivity index (χ1v) is 11.7. The standard InChI is InChI=1S/C23H22F3NO6S/c1-13(2)10-19(27-34(30,31)16-7-4-14(3)5-8-16)22(29)32-15-6-9-17-18(23(24,25)26)12-21(28)33-20(17)11-15/h4-9,11-13,19,27H,10H2,1-3H3. The summed E-state index contributed by atoms with van der Waals surface area (Å²) < 4.78 is 77.6. The van der Waals surface area contributed by atoms with E-state index in [1.54, 1.807) is 32.9 Å². The number of fused-ring (bicyclic) bond motifs is 1. The molecule has 1 aromatic heterocycles. The van der Waals surface area contributed by atoms with Crippen LogP contribution < -0.4 is 15.1 Å². The SMILES string of the molecule is Cc1ccc(S(=O)(=O)NC(CC(C)C)C(=O)Oc2ccc3c(C(F)(F)F)cc(=O)oc3c2)cc1. The van der Waals surface area contributed by atoms with E-state index in [2.05, 4.69) is 4.72 Å². The predicted octanol–water partition coefficient (Wildman–Crippen LogP) is 4.42. The van der Waals surface area contributed by atoms with Crippen LogP contribution in [0.15, 0.2) is 62.6 Å². The van der Waals surface area contributed by atoms with Crippen LogP contribution in [0, 0.1) is 12.8 Å². The van der Waals surface area contributed by atoms with Crippen molar-refractivity contribution in [3.8, 4) is 5.75 Å². The molecule has 2 aromatic carbocycles. The summed E-state index contributed by atoms with van der Waals surface area (Å²) in [6.45, 7) is 5.36. The Hall–Kier alpha value is -3.18. The summed E-state index contributed by atoms with van der Waals surface area (Å²) in [5, 5.41) is -0.384. The Balaban J connectivity index is 1.89. The zero-order valence-corrected chi connectivity index (χ0v) is 19.3. The smallest absolute Gasteiger partial charge is 0.417 e. The molecule has 0 saturated heterocycles. The van der Waals surface area contributed by atoms with Crippen molar-refractivity contribution in [3.63, 3.8) is 0 Å². The fourth-order valence-electron chi connectivity index (χ4n) is 3.26. The van der Waals surface area contributed by atoms with Crippen LogP contribution in [0.25, 0.3) is 11.0 Å². The summed E-state index contributed by atoms with van der Waals surface area (Å²) in [5.74, 6) is -1.26. The van der Waals surface area contributed by atoms with E-state index in [0.29, 0.717) is 6.07 Å². The lowest BCUT2D eigenvalue weighted by atomic mass is 10.0. The molecule has 0 saturated carbocycles. The number of alkyl halides is 3. The minimum atomic E-state index is -4.79. The molecule has 34 heavy (non-hydrogen) atoms. The molecule has 0 bridgehead atoms. The van der Waals surface area contributed by atoms with Gasteiger partial charge in [0.05, 0.1) is 10.5 Å². The Morgan fingerprint density at radius 2 is 1.74 bits per heavy atom. The maximum Gasteiger partial charge on any atom is 0.417 e. The number of benzene rings is 2. The molecule has 0 aliphatic carbocycles. The van der Waals surface area contributed by atoms with Crippen LogP contribution in [0.5, 0.6) is 5.75 Å². The Morgan fingerprint density at radius 3 is 2.32 bits per heavy atom. The van der Waals surface area contributed by atoms with Gasteiger partial charge in [0.1, 0.15) is 17.4 Å². The molecule has 3 rings (SSSR count). The van der Waals surface area contributed by atoms with Crippen LogP contribution in [0.2, 0.25) is 0 Å². The number of carbonyl (C=O) groups excluding carboxylic acids is 1. The van der Waals surface area contributed by atoms with Gasteiger partial charge in [-0.15, -0.1) is 0 Å². The van der Waals surface area contributed by atoms with Crippen LogP contribution >= 0.6 is 0 Å². The average Bonchev–Trinajstić information content (AvgIpc) is 2.71. The number of carbonyl (C=O) groups is 1. The zero-order valence-electron chi connectivity index (χ0n) is 18.5. The maximum atomic E-state index is 13.2. The lowest BCUT2D eigenvalue weighted by Gasteiger charge is -2.19. The summed E-state index contributed by atoms with van der Waals surface area (Å²) in [7, 11) is -4.06. The Bertz CT molecular complexity index is 1360. The van der Waals surface area contributed by atoms with Gasteiger partial charge in [-0.05, 0) is 43.5 Å². The third-order valence-corrected chi connectivity index (χ3v) is 6.35. The Kier molecular flexibility index (Phi) is 7.18. The number of halogens is 3. The Labute approximate surface area is 193 Å². The predicted molar refractivity (Wildman–Crippen MR) is 118 cm³/mol. The summed E-state index contributed by atoms with van der Waals surface area (Å²) in [5.41, 5.74) is -1.97. The van der Waals surface area contributed by atoms with Gasteiger partial charge < -0.3 is 9.15 Å². The molecule has 0 fully saturated rings. The van der Waals surface area contributed by atoms with Crippen molar-refractivity contribution in [1.82, 2.24) is 4.72 Å². The molecule has 0 aliphatic rings. The number of nitrogens with one attached hydrogen (secondary N) is 1. The summed E-state index contributed by atoms with van der Waals surface area (Å²) in [6, 6.07) is 8.20. The fourth-order valence-corrected chi connectivity index (χ4v) is 4.46. The Morgan fingerprint density at radius 1 is 1.09 bits per heavy atom. The van der Waals surface area contributed by atoms with E-state index in [0.717, 1.165) is 23.8 Å². The number of aryl methyl sites for hydroxylation is 1. The topological polar surface area (TPSA) is 103 Å². The van der Waals surface area contributed by atoms with Crippen LogP contribution in [-0.2, 0) is 21.0 Å². The van der Waals surface area contributed by atoms with Gasteiger partial charge in [-0.3, -0.25) is 0 Å². The van der Waals surface area contributed by atoms with Crippen molar-refractivity contribution >= 4 is 27.0 Å². The monoisotopic (exact) mass is 497 g/mol. The molecule has 1 heterocycles. The lowest BCUT2D eigenvalue weighted by Crippen LogP contribution is -2.43. The zero-order chi connectivity index (χ0) is 25.3. The highest BCUT2D eigenvalue weighted by molar-refractivity contribution is 7.89. The van der Waals surface area contributed by atoms with E-state index in [9.17, 15) is 31.2 Å². The van der Waals surface area contributed by atoms with Crippen molar-refractivity contribution in [1.29, 1.82) is 0 Å². The van der Waals surface area contributed by atoms with Crippen LogP contribution in [0.3, 0.4) is 0 Å². The number of ether oxygens (including phenoxy) is 1. The molecule has 182 valence electrons. The minimum Gasteiger partial charge on any atom is -0.425 e. The molecule has 11 heteroatoms. The molecule has 0 amide bonds. The molecule has 1 atom stereocenters. The lowest BCUT2D eigenvalue weighted by molar-refractivity contribution is -0.137. The highest BCUT2D eigenvalue weighted by Gasteiger charge is 2.34. The summed E-state index contributed by atoms with van der Waals surface area (Å²) >= 11 is 0. The number of esters is 1. The van der Waals surface area contributed by atoms with Gasteiger partial charge in [-0.2, -0.15) is 17.9 Å². The van der Waals surface area contributed by atoms with E-state index >= 15 is 0 Å². The number of hydrogen-bond donors (Lipinski definition) is 1. The van der Waals surface area contributed by atoms with E-state index < -0.39 is 45.0 Å². The van der Waals surface area contributed by atoms with Gasteiger partial charge in [0.2, 0.25) is 10.0 Å². The van der Waals surface area contributed by atoms with E-state index in [4.69, 9.17) is 9.15 Å². The van der Waals surface area contributed by atoms with Crippen molar-refractivity contribution in [2.75, 3.05) is 0 Å². The van der Waals surface area contributed by atoms with Crippen LogP contribution in [-0.4, -0.2) is 20.4 Å². The first kappa shape index (κ1) is 25.4. The third kappa shape index (κ3) is 6.03. The molecule has 1 unspecified atom stereocenters. The number of rotatable bonds is 7. The van der Waals surface area contributed by atoms with Crippen LogP contribution in [0.4, 0.5) is 13.2 Å². The van der Waals surface area contributed by atoms with E-state index in [1.807, 2.05) is 0 Å². The quantitative estimate of drug-likeness (QED) is 0.295. The third-order valence-electron chi connectivity index (χ3n) is 4.86. The van der Waals surface area contributed by atoms with Gasteiger partial charge in [-0.1, -0.05) is 31.5 Å². The van der Waals surface area contributed by atoms with Gasteiger partial charge in [0, 0.05) is 17.5 Å². The molecule has 3 aromatic rings. The molecular formula is C23H22F3NO6S. The number of hydrogen-bond acceptors (Lipinski definition) is 6. The fraction of sp³-hybridized carbons (Fsp3) is 0.304. The highest BCUT2D eigenvalue weighted by atomic mass is 32.2. The van der Waals surface area contributed by atoms with Gasteiger partial charge >= 0.3 is 17.8 Å². The molecule has 1 N–H and O–H groups in total. The molecule has 0 radical (unpaired) electrons.